The van der Waals surface area contributed by atoms with E-state index >= 15 is 0 Å². The van der Waals surface area contributed by atoms with Gasteiger partial charge in [-0.3, -0.25) is 9.89 Å². The molecule has 1 heterocycles. The standard InChI is InChI=1S/C11H9BrN4O/c12-9-3-1-8(2-4-9)7-14-16-11(17)10-5-6-13-15-10/h1-7H,(H,13,15)(H,16,17)/b14-7+. The summed E-state index contributed by atoms with van der Waals surface area (Å²) in [5.74, 6) is -0.323. The first kappa shape index (κ1) is 11.5. The van der Waals surface area contributed by atoms with Gasteiger partial charge in [0.15, 0.2) is 0 Å². The molecule has 86 valence electrons. The fraction of sp³-hybridized carbons (Fsp3) is 0. The zero-order valence-corrected chi connectivity index (χ0v) is 10.3. The maximum atomic E-state index is 11.4. The van der Waals surface area contributed by atoms with Gasteiger partial charge in [-0.1, -0.05) is 28.1 Å². The third kappa shape index (κ3) is 3.25. The molecule has 0 aliphatic heterocycles. The number of rotatable bonds is 3. The maximum absolute atomic E-state index is 11.4. The molecule has 0 saturated heterocycles. The van der Waals surface area contributed by atoms with Crippen LogP contribution in [0.3, 0.4) is 0 Å². The van der Waals surface area contributed by atoms with Crippen molar-refractivity contribution in [2.75, 3.05) is 0 Å². The van der Waals surface area contributed by atoms with Gasteiger partial charge in [0.1, 0.15) is 5.69 Å². The van der Waals surface area contributed by atoms with Gasteiger partial charge < -0.3 is 0 Å². The van der Waals surface area contributed by atoms with Crippen molar-refractivity contribution in [3.8, 4) is 0 Å². The number of carbonyl (C=O) groups excluding carboxylic acids is 1. The Kier molecular flexibility index (Phi) is 3.66. The molecule has 2 N–H and O–H groups in total. The quantitative estimate of drug-likeness (QED) is 0.670. The highest BCUT2D eigenvalue weighted by Crippen LogP contribution is 2.08. The predicted octanol–water partition coefficient (Wildman–Crippen LogP) is 1.94. The molecule has 2 rings (SSSR count). The number of aromatic amines is 1. The van der Waals surface area contributed by atoms with E-state index in [4.69, 9.17) is 0 Å². The molecule has 6 heteroatoms. The van der Waals surface area contributed by atoms with Crippen molar-refractivity contribution in [3.63, 3.8) is 0 Å². The van der Waals surface area contributed by atoms with Crippen LogP contribution in [0.2, 0.25) is 0 Å². The van der Waals surface area contributed by atoms with Crippen LogP contribution >= 0.6 is 15.9 Å². The third-order valence-corrected chi connectivity index (χ3v) is 2.52. The van der Waals surface area contributed by atoms with Crippen molar-refractivity contribution >= 4 is 28.1 Å². The molecule has 0 aliphatic carbocycles. The van der Waals surface area contributed by atoms with Crippen molar-refractivity contribution in [1.29, 1.82) is 0 Å². The molecular formula is C11H9BrN4O. The average Bonchev–Trinajstić information content (AvgIpc) is 2.85. The lowest BCUT2D eigenvalue weighted by Crippen LogP contribution is -2.17. The molecule has 5 nitrogen and oxygen atoms in total. The molecule has 0 atom stereocenters. The van der Waals surface area contributed by atoms with Gasteiger partial charge in [0.05, 0.1) is 6.21 Å². The van der Waals surface area contributed by atoms with Crippen LogP contribution in [-0.2, 0) is 0 Å². The van der Waals surface area contributed by atoms with Gasteiger partial charge in [-0.2, -0.15) is 10.2 Å². The predicted molar refractivity (Wildman–Crippen MR) is 67.8 cm³/mol. The van der Waals surface area contributed by atoms with Gasteiger partial charge in [0.2, 0.25) is 0 Å². The first-order chi connectivity index (χ1) is 8.25. The number of hydrogen-bond donors (Lipinski definition) is 2. The third-order valence-electron chi connectivity index (χ3n) is 2.00. The molecule has 1 aromatic carbocycles. The summed E-state index contributed by atoms with van der Waals surface area (Å²) in [7, 11) is 0. The van der Waals surface area contributed by atoms with Crippen LogP contribution in [0.5, 0.6) is 0 Å². The first-order valence-corrected chi connectivity index (χ1v) is 5.63. The van der Waals surface area contributed by atoms with E-state index in [0.29, 0.717) is 5.69 Å². The minimum atomic E-state index is -0.323. The second-order valence-electron chi connectivity index (χ2n) is 3.22. The molecule has 0 unspecified atom stereocenters. The molecule has 0 aliphatic rings. The Bertz CT molecular complexity index is 519. The minimum Gasteiger partial charge on any atom is -0.273 e. The molecule has 17 heavy (non-hydrogen) atoms. The highest BCUT2D eigenvalue weighted by Gasteiger charge is 2.03. The minimum absolute atomic E-state index is 0.323. The summed E-state index contributed by atoms with van der Waals surface area (Å²) < 4.78 is 0.996. The summed E-state index contributed by atoms with van der Waals surface area (Å²) in [5, 5.41) is 10.1. The molecule has 0 radical (unpaired) electrons. The monoisotopic (exact) mass is 292 g/mol. The van der Waals surface area contributed by atoms with Crippen molar-refractivity contribution in [2.45, 2.75) is 0 Å². The number of halogens is 1. The molecule has 1 aromatic heterocycles. The van der Waals surface area contributed by atoms with Crippen molar-refractivity contribution in [2.24, 2.45) is 5.10 Å². The number of benzene rings is 1. The van der Waals surface area contributed by atoms with Crippen LogP contribution in [0.25, 0.3) is 0 Å². The highest BCUT2D eigenvalue weighted by atomic mass is 79.9. The lowest BCUT2D eigenvalue weighted by molar-refractivity contribution is 0.0950. The van der Waals surface area contributed by atoms with Crippen molar-refractivity contribution in [3.05, 3.63) is 52.3 Å². The van der Waals surface area contributed by atoms with Crippen molar-refractivity contribution in [1.82, 2.24) is 15.6 Å². The molecule has 0 saturated carbocycles. The molecule has 0 spiro atoms. The molecule has 0 fully saturated rings. The number of nitrogens with one attached hydrogen (secondary N) is 2. The Morgan fingerprint density at radius 2 is 2.12 bits per heavy atom. The Balaban J connectivity index is 1.94. The molecule has 1 amide bonds. The Hall–Kier alpha value is -1.95. The first-order valence-electron chi connectivity index (χ1n) is 4.84. The number of hydrogen-bond acceptors (Lipinski definition) is 3. The SMILES string of the molecule is O=C(N/N=C/c1ccc(Br)cc1)c1ccn[nH]1. The topological polar surface area (TPSA) is 70.1 Å². The second-order valence-corrected chi connectivity index (χ2v) is 4.14. The number of hydrazone groups is 1. The van der Waals surface area contributed by atoms with Gasteiger partial charge in [-0.05, 0) is 23.8 Å². The zero-order valence-electron chi connectivity index (χ0n) is 8.72. The van der Waals surface area contributed by atoms with E-state index in [1.165, 1.54) is 6.20 Å². The summed E-state index contributed by atoms with van der Waals surface area (Å²) in [6, 6.07) is 9.15. The van der Waals surface area contributed by atoms with Gasteiger partial charge >= 0.3 is 0 Å². The van der Waals surface area contributed by atoms with E-state index in [1.54, 1.807) is 12.3 Å². The number of amides is 1. The number of H-pyrrole nitrogens is 1. The fourth-order valence-corrected chi connectivity index (χ4v) is 1.42. The highest BCUT2D eigenvalue weighted by molar-refractivity contribution is 9.10. The Labute approximate surface area is 106 Å². The largest absolute Gasteiger partial charge is 0.289 e. The Morgan fingerprint density at radius 1 is 1.35 bits per heavy atom. The Morgan fingerprint density at radius 3 is 2.76 bits per heavy atom. The van der Waals surface area contributed by atoms with E-state index in [9.17, 15) is 4.79 Å². The summed E-state index contributed by atoms with van der Waals surface area (Å²) in [6.07, 6.45) is 3.08. The summed E-state index contributed by atoms with van der Waals surface area (Å²) in [5.41, 5.74) is 3.67. The van der Waals surface area contributed by atoms with Gasteiger partial charge in [-0.25, -0.2) is 5.43 Å². The number of aromatic nitrogens is 2. The van der Waals surface area contributed by atoms with E-state index in [0.717, 1.165) is 10.0 Å². The van der Waals surface area contributed by atoms with Crippen LogP contribution in [0.1, 0.15) is 16.1 Å². The van der Waals surface area contributed by atoms with Gasteiger partial charge in [0.25, 0.3) is 5.91 Å². The summed E-state index contributed by atoms with van der Waals surface area (Å²) >= 11 is 3.34. The van der Waals surface area contributed by atoms with E-state index in [2.05, 4.69) is 36.7 Å². The van der Waals surface area contributed by atoms with E-state index < -0.39 is 0 Å². The van der Waals surface area contributed by atoms with Crippen LogP contribution < -0.4 is 5.43 Å². The maximum Gasteiger partial charge on any atom is 0.289 e. The zero-order chi connectivity index (χ0) is 12.1. The molecule has 2 aromatic rings. The van der Waals surface area contributed by atoms with Crippen LogP contribution in [-0.4, -0.2) is 22.3 Å². The molecule has 0 bridgehead atoms. The lowest BCUT2D eigenvalue weighted by Gasteiger charge is -1.96. The normalized spacial score (nSPS) is 10.6. The average molecular weight is 293 g/mol. The molecular weight excluding hydrogens is 284 g/mol. The van der Waals surface area contributed by atoms with Gasteiger partial charge in [-0.15, -0.1) is 0 Å². The van der Waals surface area contributed by atoms with Crippen molar-refractivity contribution < 1.29 is 4.79 Å². The van der Waals surface area contributed by atoms with E-state index in [-0.39, 0.29) is 5.91 Å². The second kappa shape index (κ2) is 5.40. The number of carbonyl (C=O) groups is 1. The van der Waals surface area contributed by atoms with Gasteiger partial charge in [0, 0.05) is 10.7 Å². The van der Waals surface area contributed by atoms with Crippen LogP contribution in [0.4, 0.5) is 0 Å². The fourth-order valence-electron chi connectivity index (χ4n) is 1.16. The van der Waals surface area contributed by atoms with Crippen LogP contribution in [0, 0.1) is 0 Å². The number of nitrogens with zero attached hydrogens (tertiary/aromatic N) is 2. The van der Waals surface area contributed by atoms with E-state index in [1.807, 2.05) is 24.3 Å². The smallest absolute Gasteiger partial charge is 0.273 e. The summed E-state index contributed by atoms with van der Waals surface area (Å²) in [4.78, 5) is 11.4. The lowest BCUT2D eigenvalue weighted by atomic mass is 10.2. The van der Waals surface area contributed by atoms with Crippen LogP contribution in [0.15, 0.2) is 46.1 Å². The summed E-state index contributed by atoms with van der Waals surface area (Å²) in [6.45, 7) is 0.